The summed E-state index contributed by atoms with van der Waals surface area (Å²) in [5.41, 5.74) is 9.83. The van der Waals surface area contributed by atoms with Crippen molar-refractivity contribution in [2.75, 3.05) is 30.3 Å². The van der Waals surface area contributed by atoms with Crippen molar-refractivity contribution >= 4 is 39.9 Å². The molecule has 1 spiro atoms. The van der Waals surface area contributed by atoms with Crippen LogP contribution >= 0.6 is 11.6 Å². The molecule has 0 unspecified atom stereocenters. The Balaban J connectivity index is 1.53. The van der Waals surface area contributed by atoms with Crippen molar-refractivity contribution in [3.05, 3.63) is 35.6 Å². The van der Waals surface area contributed by atoms with Crippen LogP contribution in [0.25, 0.3) is 22.0 Å². The molecule has 2 aliphatic rings. The maximum absolute atomic E-state index is 12.4. The second-order valence-corrected chi connectivity index (χ2v) is 8.60. The highest BCUT2D eigenvalue weighted by atomic mass is 35.5. The number of nitrogens with one attached hydrogen (secondary N) is 1. The van der Waals surface area contributed by atoms with Crippen LogP contribution < -0.4 is 16.0 Å². The van der Waals surface area contributed by atoms with E-state index in [-0.39, 0.29) is 11.3 Å². The third-order valence-corrected chi connectivity index (χ3v) is 7.05. The molecular weight excluding hydrogens is 400 g/mol. The molecule has 8 heteroatoms. The first-order valence-electron chi connectivity index (χ1n) is 10.5. The number of carbonyl (C=O) groups excluding carboxylic acids is 1. The Morgan fingerprint density at radius 2 is 2.03 bits per heavy atom. The van der Waals surface area contributed by atoms with E-state index in [1.807, 2.05) is 10.9 Å². The van der Waals surface area contributed by atoms with Gasteiger partial charge in [-0.1, -0.05) is 17.7 Å². The first-order valence-corrected chi connectivity index (χ1v) is 10.8. The molecule has 4 heterocycles. The highest BCUT2D eigenvalue weighted by Crippen LogP contribution is 2.44. The van der Waals surface area contributed by atoms with Gasteiger partial charge < -0.3 is 16.0 Å². The number of hydrogen-bond acceptors (Lipinski definition) is 5. The average Bonchev–Trinajstić information content (AvgIpc) is 3.33. The highest BCUT2D eigenvalue weighted by molar-refractivity contribution is 6.36. The largest absolute Gasteiger partial charge is 0.382 e. The Bertz CT molecular complexity index is 1130. The number of amides is 1. The van der Waals surface area contributed by atoms with Gasteiger partial charge in [0.05, 0.1) is 22.8 Å². The minimum Gasteiger partial charge on any atom is -0.382 e. The SMILES string of the molecule is CCn1ncc2cc(-c3cnc(N)c(Cl)c3N3CCC4(CCNC4=O)CC3)ccc21. The van der Waals surface area contributed by atoms with Gasteiger partial charge in [0.2, 0.25) is 5.91 Å². The molecule has 5 rings (SSSR count). The summed E-state index contributed by atoms with van der Waals surface area (Å²) >= 11 is 6.68. The van der Waals surface area contributed by atoms with E-state index in [0.717, 1.165) is 73.2 Å². The number of nitrogens with zero attached hydrogens (tertiary/aromatic N) is 4. The summed E-state index contributed by atoms with van der Waals surface area (Å²) < 4.78 is 1.98. The van der Waals surface area contributed by atoms with Crippen LogP contribution in [0.5, 0.6) is 0 Å². The lowest BCUT2D eigenvalue weighted by atomic mass is 9.77. The zero-order valence-corrected chi connectivity index (χ0v) is 17.7. The smallest absolute Gasteiger partial charge is 0.226 e. The van der Waals surface area contributed by atoms with E-state index in [0.29, 0.717) is 10.8 Å². The summed E-state index contributed by atoms with van der Waals surface area (Å²) in [6.07, 6.45) is 6.24. The molecule has 0 aliphatic carbocycles. The van der Waals surface area contributed by atoms with Crippen molar-refractivity contribution in [2.24, 2.45) is 5.41 Å². The fourth-order valence-electron chi connectivity index (χ4n) is 4.87. The molecule has 1 amide bonds. The van der Waals surface area contributed by atoms with E-state index >= 15 is 0 Å². The normalized spacial score (nSPS) is 18.3. The number of nitrogens with two attached hydrogens (primary N) is 1. The van der Waals surface area contributed by atoms with Gasteiger partial charge in [-0.25, -0.2) is 4.98 Å². The molecule has 1 aromatic carbocycles. The summed E-state index contributed by atoms with van der Waals surface area (Å²) in [5, 5.41) is 8.99. The molecule has 0 atom stereocenters. The molecule has 7 nitrogen and oxygen atoms in total. The quantitative estimate of drug-likeness (QED) is 0.672. The van der Waals surface area contributed by atoms with Gasteiger partial charge in [-0.05, 0) is 43.9 Å². The molecule has 3 aromatic rings. The van der Waals surface area contributed by atoms with E-state index in [1.54, 1.807) is 6.20 Å². The lowest BCUT2D eigenvalue weighted by molar-refractivity contribution is -0.128. The molecule has 156 valence electrons. The summed E-state index contributed by atoms with van der Waals surface area (Å²) in [4.78, 5) is 18.9. The first-order chi connectivity index (χ1) is 14.5. The van der Waals surface area contributed by atoms with Crippen molar-refractivity contribution in [1.82, 2.24) is 20.1 Å². The van der Waals surface area contributed by atoms with Crippen molar-refractivity contribution in [3.8, 4) is 11.1 Å². The maximum atomic E-state index is 12.4. The van der Waals surface area contributed by atoms with E-state index in [2.05, 4.69) is 45.4 Å². The highest BCUT2D eigenvalue weighted by Gasteiger charge is 2.44. The number of aromatic nitrogens is 3. The molecule has 2 fully saturated rings. The maximum Gasteiger partial charge on any atom is 0.226 e. The second kappa shape index (κ2) is 7.16. The van der Waals surface area contributed by atoms with Crippen LogP contribution in [0.2, 0.25) is 5.02 Å². The fraction of sp³-hybridized carbons (Fsp3) is 0.409. The van der Waals surface area contributed by atoms with Gasteiger partial charge >= 0.3 is 0 Å². The molecule has 30 heavy (non-hydrogen) atoms. The van der Waals surface area contributed by atoms with Crippen LogP contribution in [0.1, 0.15) is 26.2 Å². The summed E-state index contributed by atoms with van der Waals surface area (Å²) in [6, 6.07) is 6.29. The van der Waals surface area contributed by atoms with E-state index in [4.69, 9.17) is 17.3 Å². The van der Waals surface area contributed by atoms with Crippen molar-refractivity contribution in [3.63, 3.8) is 0 Å². The second-order valence-electron chi connectivity index (χ2n) is 8.23. The third kappa shape index (κ3) is 2.91. The van der Waals surface area contributed by atoms with Crippen molar-refractivity contribution < 1.29 is 4.79 Å². The number of anilines is 2. The standard InChI is InChI=1S/C22H25ClN6O/c1-2-29-17-4-3-14(11-15(17)12-27-29)16-13-26-20(24)18(23)19(16)28-9-6-22(7-10-28)5-8-25-21(22)30/h3-4,11-13H,2,5-10H2,1H3,(H2,24,26)(H,25,30). The van der Waals surface area contributed by atoms with Crippen LogP contribution in [0.15, 0.2) is 30.6 Å². The van der Waals surface area contributed by atoms with E-state index in [1.165, 1.54) is 0 Å². The molecule has 2 saturated heterocycles. The molecule has 3 N–H and O–H groups in total. The Hall–Kier alpha value is -2.80. The fourth-order valence-corrected chi connectivity index (χ4v) is 5.14. The molecule has 2 aromatic heterocycles. The number of hydrogen-bond donors (Lipinski definition) is 2. The monoisotopic (exact) mass is 424 g/mol. The van der Waals surface area contributed by atoms with Crippen LogP contribution in [0, 0.1) is 5.41 Å². The van der Waals surface area contributed by atoms with Gasteiger partial charge in [-0.15, -0.1) is 0 Å². The van der Waals surface area contributed by atoms with Crippen LogP contribution in [0.3, 0.4) is 0 Å². The predicted octanol–water partition coefficient (Wildman–Crippen LogP) is 3.46. The lowest BCUT2D eigenvalue weighted by Crippen LogP contribution is -2.44. The van der Waals surface area contributed by atoms with Crippen LogP contribution in [-0.2, 0) is 11.3 Å². The number of fused-ring (bicyclic) bond motifs is 1. The zero-order chi connectivity index (χ0) is 20.9. The Morgan fingerprint density at radius 1 is 1.23 bits per heavy atom. The van der Waals surface area contributed by atoms with Crippen molar-refractivity contribution in [2.45, 2.75) is 32.7 Å². The number of benzene rings is 1. The van der Waals surface area contributed by atoms with Gasteiger partial charge in [0.25, 0.3) is 0 Å². The topological polar surface area (TPSA) is 89.1 Å². The lowest BCUT2D eigenvalue weighted by Gasteiger charge is -2.39. The molecule has 0 saturated carbocycles. The zero-order valence-electron chi connectivity index (χ0n) is 17.0. The van der Waals surface area contributed by atoms with E-state index in [9.17, 15) is 4.79 Å². The number of piperidine rings is 1. The summed E-state index contributed by atoms with van der Waals surface area (Å²) in [7, 11) is 0. The molecule has 0 radical (unpaired) electrons. The molecule has 2 aliphatic heterocycles. The Morgan fingerprint density at radius 3 is 2.73 bits per heavy atom. The van der Waals surface area contributed by atoms with Gasteiger partial charge in [0, 0.05) is 43.3 Å². The Kier molecular flexibility index (Phi) is 4.58. The van der Waals surface area contributed by atoms with Gasteiger partial charge in [-0.3, -0.25) is 9.48 Å². The predicted molar refractivity (Wildman–Crippen MR) is 120 cm³/mol. The molecule has 0 bridgehead atoms. The van der Waals surface area contributed by atoms with Crippen LogP contribution in [0.4, 0.5) is 11.5 Å². The van der Waals surface area contributed by atoms with Crippen LogP contribution in [-0.4, -0.2) is 40.3 Å². The Labute approximate surface area is 180 Å². The summed E-state index contributed by atoms with van der Waals surface area (Å²) in [5.74, 6) is 0.523. The number of halogens is 1. The first kappa shape index (κ1) is 19.2. The van der Waals surface area contributed by atoms with Gasteiger partial charge in [0.1, 0.15) is 10.8 Å². The summed E-state index contributed by atoms with van der Waals surface area (Å²) in [6.45, 7) is 5.21. The molecular formula is C22H25ClN6O. The number of nitrogen functional groups attached to an aromatic ring is 1. The number of pyridine rings is 1. The minimum absolute atomic E-state index is 0.195. The average molecular weight is 425 g/mol. The van der Waals surface area contributed by atoms with E-state index < -0.39 is 0 Å². The number of rotatable bonds is 3. The number of aryl methyl sites for hydroxylation is 1. The minimum atomic E-state index is -0.227. The van der Waals surface area contributed by atoms with Crippen molar-refractivity contribution in [1.29, 1.82) is 0 Å². The number of carbonyl (C=O) groups is 1. The van der Waals surface area contributed by atoms with Gasteiger partial charge in [0.15, 0.2) is 0 Å². The third-order valence-electron chi connectivity index (χ3n) is 6.68. The van der Waals surface area contributed by atoms with Gasteiger partial charge in [-0.2, -0.15) is 5.10 Å².